The lowest BCUT2D eigenvalue weighted by Gasteiger charge is -2.12. The van der Waals surface area contributed by atoms with Gasteiger partial charge in [0.05, 0.1) is 16.9 Å². The Morgan fingerprint density at radius 1 is 1.09 bits per heavy atom. The van der Waals surface area contributed by atoms with Crippen molar-refractivity contribution < 1.29 is 27.4 Å². The van der Waals surface area contributed by atoms with E-state index in [2.05, 4.69) is 20.0 Å². The molecule has 2 heterocycles. The van der Waals surface area contributed by atoms with Gasteiger partial charge in [0.2, 0.25) is 0 Å². The van der Waals surface area contributed by atoms with Crippen molar-refractivity contribution in [2.45, 2.75) is 13.0 Å². The number of H-pyrrole nitrogens is 1. The SMILES string of the molecule is O=C(Nc1ccc(COc2cnc3[nH]ccc3c2)cc1Cl)c1cccc(OC(F)(F)F)c1. The predicted octanol–water partition coefficient (Wildman–Crippen LogP) is 5.95. The zero-order chi connectivity index (χ0) is 22.7. The van der Waals surface area contributed by atoms with E-state index in [-0.39, 0.29) is 17.2 Å². The van der Waals surface area contributed by atoms with E-state index < -0.39 is 18.0 Å². The first kappa shape index (κ1) is 21.5. The fourth-order valence-corrected chi connectivity index (χ4v) is 3.19. The van der Waals surface area contributed by atoms with Crippen LogP contribution in [-0.4, -0.2) is 22.2 Å². The molecule has 4 rings (SSSR count). The Morgan fingerprint density at radius 3 is 2.72 bits per heavy atom. The molecule has 0 saturated carbocycles. The highest BCUT2D eigenvalue weighted by Gasteiger charge is 2.31. The number of ether oxygens (including phenoxy) is 2. The first-order chi connectivity index (χ1) is 15.3. The second kappa shape index (κ2) is 8.80. The van der Waals surface area contributed by atoms with Gasteiger partial charge in [-0.05, 0) is 48.0 Å². The minimum atomic E-state index is -4.85. The first-order valence-electron chi connectivity index (χ1n) is 9.28. The van der Waals surface area contributed by atoms with Crippen LogP contribution in [0.5, 0.6) is 11.5 Å². The largest absolute Gasteiger partial charge is 0.573 e. The maximum absolute atomic E-state index is 12.4. The van der Waals surface area contributed by atoms with E-state index in [0.29, 0.717) is 11.4 Å². The minimum Gasteiger partial charge on any atom is -0.487 e. The van der Waals surface area contributed by atoms with Crippen molar-refractivity contribution in [3.05, 3.63) is 83.1 Å². The van der Waals surface area contributed by atoms with Crippen LogP contribution in [0.2, 0.25) is 5.02 Å². The number of aromatic nitrogens is 2. The average Bonchev–Trinajstić information content (AvgIpc) is 3.21. The third kappa shape index (κ3) is 5.30. The van der Waals surface area contributed by atoms with Gasteiger partial charge in [0.15, 0.2) is 0 Å². The average molecular weight is 462 g/mol. The Morgan fingerprint density at radius 2 is 1.94 bits per heavy atom. The van der Waals surface area contributed by atoms with Gasteiger partial charge in [0.25, 0.3) is 5.91 Å². The molecule has 0 spiro atoms. The van der Waals surface area contributed by atoms with Crippen molar-refractivity contribution in [2.24, 2.45) is 0 Å². The van der Waals surface area contributed by atoms with Gasteiger partial charge in [-0.2, -0.15) is 0 Å². The molecule has 0 fully saturated rings. The summed E-state index contributed by atoms with van der Waals surface area (Å²) < 4.78 is 46.7. The van der Waals surface area contributed by atoms with Gasteiger partial charge in [-0.3, -0.25) is 4.79 Å². The zero-order valence-corrected chi connectivity index (χ0v) is 17.0. The van der Waals surface area contributed by atoms with Gasteiger partial charge in [-0.15, -0.1) is 13.2 Å². The van der Waals surface area contributed by atoms with Crippen LogP contribution < -0.4 is 14.8 Å². The molecule has 0 radical (unpaired) electrons. The highest BCUT2D eigenvalue weighted by atomic mass is 35.5. The Balaban J connectivity index is 1.40. The van der Waals surface area contributed by atoms with E-state index in [1.807, 2.05) is 12.1 Å². The lowest BCUT2D eigenvalue weighted by atomic mass is 10.1. The van der Waals surface area contributed by atoms with E-state index in [9.17, 15) is 18.0 Å². The zero-order valence-electron chi connectivity index (χ0n) is 16.2. The molecular formula is C22H15ClF3N3O3. The summed E-state index contributed by atoms with van der Waals surface area (Å²) in [6.45, 7) is 0.225. The number of carbonyl (C=O) groups is 1. The molecule has 0 aliphatic rings. The quantitative estimate of drug-likeness (QED) is 0.372. The van der Waals surface area contributed by atoms with E-state index in [4.69, 9.17) is 16.3 Å². The van der Waals surface area contributed by atoms with E-state index in [1.54, 1.807) is 30.6 Å². The number of amides is 1. The van der Waals surface area contributed by atoms with Crippen LogP contribution in [0.1, 0.15) is 15.9 Å². The van der Waals surface area contributed by atoms with Gasteiger partial charge in [0.1, 0.15) is 23.8 Å². The monoisotopic (exact) mass is 461 g/mol. The van der Waals surface area contributed by atoms with Gasteiger partial charge < -0.3 is 19.8 Å². The van der Waals surface area contributed by atoms with Crippen molar-refractivity contribution in [3.8, 4) is 11.5 Å². The Kier molecular flexibility index (Phi) is 5.91. The molecule has 0 unspecified atom stereocenters. The Bertz CT molecular complexity index is 1270. The molecule has 0 saturated heterocycles. The van der Waals surface area contributed by atoms with Crippen LogP contribution >= 0.6 is 11.6 Å². The summed E-state index contributed by atoms with van der Waals surface area (Å²) in [6, 6.07) is 13.4. The highest BCUT2D eigenvalue weighted by molar-refractivity contribution is 6.34. The van der Waals surface area contributed by atoms with Crippen molar-refractivity contribution in [1.82, 2.24) is 9.97 Å². The van der Waals surface area contributed by atoms with E-state index in [1.165, 1.54) is 12.1 Å². The van der Waals surface area contributed by atoms with Crippen LogP contribution in [0, 0.1) is 0 Å². The summed E-state index contributed by atoms with van der Waals surface area (Å²) in [5.41, 5.74) is 1.81. The summed E-state index contributed by atoms with van der Waals surface area (Å²) in [6.07, 6.45) is -1.46. The maximum Gasteiger partial charge on any atom is 0.573 e. The number of aromatic amines is 1. The van der Waals surface area contributed by atoms with E-state index in [0.717, 1.165) is 28.7 Å². The number of hydrogen-bond acceptors (Lipinski definition) is 4. The molecule has 2 aromatic carbocycles. The summed E-state index contributed by atoms with van der Waals surface area (Å²) in [5, 5.41) is 3.74. The molecule has 1 amide bonds. The summed E-state index contributed by atoms with van der Waals surface area (Å²) in [4.78, 5) is 19.7. The van der Waals surface area contributed by atoms with Crippen LogP contribution in [0.3, 0.4) is 0 Å². The van der Waals surface area contributed by atoms with Crippen molar-refractivity contribution in [1.29, 1.82) is 0 Å². The molecule has 10 heteroatoms. The Labute approximate surface area is 184 Å². The smallest absolute Gasteiger partial charge is 0.487 e. The number of nitrogens with one attached hydrogen (secondary N) is 2. The summed E-state index contributed by atoms with van der Waals surface area (Å²) >= 11 is 6.26. The normalized spacial score (nSPS) is 11.4. The summed E-state index contributed by atoms with van der Waals surface area (Å²) in [7, 11) is 0. The van der Waals surface area contributed by atoms with Crippen LogP contribution in [0.25, 0.3) is 11.0 Å². The topological polar surface area (TPSA) is 76.2 Å². The van der Waals surface area contributed by atoms with Gasteiger partial charge in [-0.25, -0.2) is 4.98 Å². The molecule has 6 nitrogen and oxygen atoms in total. The maximum atomic E-state index is 12.4. The minimum absolute atomic E-state index is 0.0112. The standard InChI is InChI=1S/C22H15ClF3N3O3/c23-18-8-13(12-31-17-9-14-6-7-27-20(14)28-11-17)4-5-19(18)29-21(30)15-2-1-3-16(10-15)32-22(24,25)26/h1-11H,12H2,(H,27,28)(H,29,30). The lowest BCUT2D eigenvalue weighted by molar-refractivity contribution is -0.274. The first-order valence-corrected chi connectivity index (χ1v) is 9.66. The molecule has 0 bridgehead atoms. The number of fused-ring (bicyclic) bond motifs is 1. The highest BCUT2D eigenvalue weighted by Crippen LogP contribution is 2.27. The fraction of sp³-hybridized carbons (Fsp3) is 0.0909. The molecule has 2 N–H and O–H groups in total. The number of hydrogen-bond donors (Lipinski definition) is 2. The number of rotatable bonds is 6. The van der Waals surface area contributed by atoms with Gasteiger partial charge in [-0.1, -0.05) is 23.7 Å². The van der Waals surface area contributed by atoms with Crippen molar-refractivity contribution in [2.75, 3.05) is 5.32 Å². The van der Waals surface area contributed by atoms with Gasteiger partial charge >= 0.3 is 6.36 Å². The number of anilines is 1. The molecule has 164 valence electrons. The van der Waals surface area contributed by atoms with Crippen LogP contribution in [0.15, 0.2) is 67.0 Å². The van der Waals surface area contributed by atoms with E-state index >= 15 is 0 Å². The van der Waals surface area contributed by atoms with Crippen LogP contribution in [-0.2, 0) is 6.61 Å². The molecule has 2 aromatic heterocycles. The molecule has 4 aromatic rings. The molecule has 0 atom stereocenters. The lowest BCUT2D eigenvalue weighted by Crippen LogP contribution is -2.18. The number of benzene rings is 2. The number of alkyl halides is 3. The number of nitrogens with zero attached hydrogens (tertiary/aromatic N) is 1. The second-order valence-corrected chi connectivity index (χ2v) is 7.13. The molecular weight excluding hydrogens is 447 g/mol. The molecule has 0 aliphatic carbocycles. The number of halogens is 4. The molecule has 0 aliphatic heterocycles. The number of pyridine rings is 1. The predicted molar refractivity (Wildman–Crippen MR) is 113 cm³/mol. The van der Waals surface area contributed by atoms with Crippen LogP contribution in [0.4, 0.5) is 18.9 Å². The fourth-order valence-electron chi connectivity index (χ4n) is 2.94. The van der Waals surface area contributed by atoms with Gasteiger partial charge in [0, 0.05) is 17.1 Å². The third-order valence-corrected chi connectivity index (χ3v) is 4.70. The third-order valence-electron chi connectivity index (χ3n) is 4.39. The van der Waals surface area contributed by atoms with Crippen molar-refractivity contribution >= 4 is 34.2 Å². The second-order valence-electron chi connectivity index (χ2n) is 6.72. The van der Waals surface area contributed by atoms with Crippen molar-refractivity contribution in [3.63, 3.8) is 0 Å². The number of carbonyl (C=O) groups excluding carboxylic acids is 1. The summed E-state index contributed by atoms with van der Waals surface area (Å²) in [5.74, 6) is -0.531. The molecule has 32 heavy (non-hydrogen) atoms. The Hall–Kier alpha value is -3.72.